The van der Waals surface area contributed by atoms with Crippen molar-refractivity contribution in [3.8, 4) is 0 Å². The van der Waals surface area contributed by atoms with Gasteiger partial charge >= 0.3 is 0 Å². The van der Waals surface area contributed by atoms with Crippen molar-refractivity contribution < 1.29 is 0 Å². The fraction of sp³-hybridized carbons (Fsp3) is 0.389. The first kappa shape index (κ1) is 14.6. The molecule has 1 aliphatic carbocycles. The lowest BCUT2D eigenvalue weighted by Gasteiger charge is -2.11. The van der Waals surface area contributed by atoms with Crippen LogP contribution in [0.3, 0.4) is 0 Å². The molecular formula is C18H24N2. The summed E-state index contributed by atoms with van der Waals surface area (Å²) in [5.74, 6) is 0. The number of allylic oxidation sites excluding steroid dienone is 3. The van der Waals surface area contributed by atoms with Crippen molar-refractivity contribution in [1.29, 1.82) is 0 Å². The van der Waals surface area contributed by atoms with Crippen LogP contribution >= 0.6 is 0 Å². The third-order valence-electron chi connectivity index (χ3n) is 3.55. The zero-order valence-electron chi connectivity index (χ0n) is 12.8. The molecule has 106 valence electrons. The Hall–Kier alpha value is -1.83. The lowest BCUT2D eigenvalue weighted by atomic mass is 9.99. The van der Waals surface area contributed by atoms with Crippen LogP contribution in [-0.4, -0.2) is 31.8 Å². The Labute approximate surface area is 122 Å². The second-order valence-electron chi connectivity index (χ2n) is 5.37. The first-order chi connectivity index (χ1) is 9.72. The van der Waals surface area contributed by atoms with Crippen molar-refractivity contribution in [2.24, 2.45) is 4.99 Å². The standard InChI is InChI=1S/C18H24N2/c1-4-5-12-19-14-16-8-6-7-9-18(16)15-10-11-17(13-15)20(2)3/h6-9,11,13-14H,4-5,10,12H2,1-3H3/b19-14-. The van der Waals surface area contributed by atoms with Gasteiger partial charge in [-0.05, 0) is 35.6 Å². The Morgan fingerprint density at radius 2 is 2.05 bits per heavy atom. The van der Waals surface area contributed by atoms with E-state index in [-0.39, 0.29) is 0 Å². The van der Waals surface area contributed by atoms with Gasteiger partial charge in [-0.2, -0.15) is 0 Å². The number of aliphatic imine (C=N–C) groups is 1. The lowest BCUT2D eigenvalue weighted by Crippen LogP contribution is -2.07. The van der Waals surface area contributed by atoms with E-state index < -0.39 is 0 Å². The Kier molecular flexibility index (Phi) is 5.16. The van der Waals surface area contributed by atoms with Crippen LogP contribution in [0.2, 0.25) is 0 Å². The summed E-state index contributed by atoms with van der Waals surface area (Å²) in [7, 11) is 4.17. The average Bonchev–Trinajstić information content (AvgIpc) is 2.94. The maximum Gasteiger partial charge on any atom is 0.0389 e. The fourth-order valence-electron chi connectivity index (χ4n) is 2.32. The van der Waals surface area contributed by atoms with Gasteiger partial charge in [-0.3, -0.25) is 4.99 Å². The molecule has 0 spiro atoms. The first-order valence-electron chi connectivity index (χ1n) is 7.39. The normalized spacial score (nSPS) is 14.6. The quantitative estimate of drug-likeness (QED) is 0.559. The molecule has 0 amide bonds. The Bertz CT molecular complexity index is 536. The van der Waals surface area contributed by atoms with Gasteiger partial charge in [0.1, 0.15) is 0 Å². The zero-order chi connectivity index (χ0) is 14.4. The maximum atomic E-state index is 4.54. The summed E-state index contributed by atoms with van der Waals surface area (Å²) < 4.78 is 0. The average molecular weight is 268 g/mol. The van der Waals surface area contributed by atoms with Crippen molar-refractivity contribution in [2.75, 3.05) is 20.6 Å². The Morgan fingerprint density at radius 3 is 2.75 bits per heavy atom. The molecular weight excluding hydrogens is 244 g/mol. The highest BCUT2D eigenvalue weighted by Crippen LogP contribution is 2.29. The fourth-order valence-corrected chi connectivity index (χ4v) is 2.32. The molecule has 0 saturated carbocycles. The summed E-state index contributed by atoms with van der Waals surface area (Å²) in [6.07, 6.45) is 9.94. The smallest absolute Gasteiger partial charge is 0.0389 e. The van der Waals surface area contributed by atoms with Crippen LogP contribution in [-0.2, 0) is 0 Å². The molecule has 2 rings (SSSR count). The van der Waals surface area contributed by atoms with E-state index >= 15 is 0 Å². The van der Waals surface area contributed by atoms with Gasteiger partial charge in [-0.1, -0.05) is 43.7 Å². The third-order valence-corrected chi connectivity index (χ3v) is 3.55. The monoisotopic (exact) mass is 268 g/mol. The minimum Gasteiger partial charge on any atom is -0.378 e. The van der Waals surface area contributed by atoms with E-state index in [9.17, 15) is 0 Å². The van der Waals surface area contributed by atoms with Crippen LogP contribution in [0.1, 0.15) is 37.3 Å². The van der Waals surface area contributed by atoms with Gasteiger partial charge in [-0.15, -0.1) is 0 Å². The molecule has 0 fully saturated rings. The molecule has 2 heteroatoms. The third kappa shape index (κ3) is 3.60. The van der Waals surface area contributed by atoms with E-state index in [0.717, 1.165) is 19.4 Å². The summed E-state index contributed by atoms with van der Waals surface area (Å²) >= 11 is 0. The first-order valence-corrected chi connectivity index (χ1v) is 7.39. The van der Waals surface area contributed by atoms with Gasteiger partial charge in [0.2, 0.25) is 0 Å². The van der Waals surface area contributed by atoms with Gasteiger partial charge in [0.25, 0.3) is 0 Å². The number of rotatable bonds is 6. The number of hydrogen-bond donors (Lipinski definition) is 0. The molecule has 0 heterocycles. The largest absolute Gasteiger partial charge is 0.378 e. The van der Waals surface area contributed by atoms with Gasteiger partial charge in [0.15, 0.2) is 0 Å². The van der Waals surface area contributed by atoms with Crippen LogP contribution in [0.25, 0.3) is 5.57 Å². The highest BCUT2D eigenvalue weighted by molar-refractivity contribution is 5.89. The summed E-state index contributed by atoms with van der Waals surface area (Å²) in [6, 6.07) is 8.53. The predicted molar refractivity (Wildman–Crippen MR) is 88.2 cm³/mol. The molecule has 1 aromatic carbocycles. The zero-order valence-corrected chi connectivity index (χ0v) is 12.8. The van der Waals surface area contributed by atoms with Crippen molar-refractivity contribution in [3.05, 3.63) is 53.2 Å². The highest BCUT2D eigenvalue weighted by Gasteiger charge is 2.12. The molecule has 1 aliphatic rings. The molecule has 0 bridgehead atoms. The lowest BCUT2D eigenvalue weighted by molar-refractivity contribution is 0.531. The summed E-state index contributed by atoms with van der Waals surface area (Å²) in [5, 5.41) is 0. The molecule has 0 saturated heterocycles. The molecule has 0 atom stereocenters. The molecule has 2 nitrogen and oxygen atoms in total. The Morgan fingerprint density at radius 1 is 1.25 bits per heavy atom. The van der Waals surface area contributed by atoms with Gasteiger partial charge < -0.3 is 4.90 Å². The van der Waals surface area contributed by atoms with E-state index in [0.29, 0.717) is 0 Å². The van der Waals surface area contributed by atoms with Gasteiger partial charge in [0.05, 0.1) is 0 Å². The van der Waals surface area contributed by atoms with Crippen molar-refractivity contribution in [1.82, 2.24) is 4.90 Å². The molecule has 20 heavy (non-hydrogen) atoms. The Balaban J connectivity index is 2.17. The molecule has 0 aliphatic heterocycles. The number of unbranched alkanes of at least 4 members (excludes halogenated alkanes) is 1. The van der Waals surface area contributed by atoms with Crippen molar-refractivity contribution in [2.45, 2.75) is 26.2 Å². The van der Waals surface area contributed by atoms with Crippen LogP contribution in [0.15, 0.2) is 47.1 Å². The van der Waals surface area contributed by atoms with Gasteiger partial charge in [-0.25, -0.2) is 0 Å². The van der Waals surface area contributed by atoms with E-state index in [1.165, 1.54) is 28.8 Å². The minimum absolute atomic E-state index is 0.922. The predicted octanol–water partition coefficient (Wildman–Crippen LogP) is 4.14. The second kappa shape index (κ2) is 7.09. The topological polar surface area (TPSA) is 15.6 Å². The summed E-state index contributed by atoms with van der Waals surface area (Å²) in [6.45, 7) is 3.12. The van der Waals surface area contributed by atoms with E-state index in [1.54, 1.807) is 0 Å². The molecule has 1 aromatic rings. The summed E-state index contributed by atoms with van der Waals surface area (Å²) in [5.41, 5.74) is 5.20. The number of hydrogen-bond acceptors (Lipinski definition) is 2. The van der Waals surface area contributed by atoms with Crippen LogP contribution in [0, 0.1) is 0 Å². The van der Waals surface area contributed by atoms with Crippen molar-refractivity contribution in [3.63, 3.8) is 0 Å². The van der Waals surface area contributed by atoms with E-state index in [2.05, 4.69) is 67.3 Å². The molecule has 0 aromatic heterocycles. The van der Waals surface area contributed by atoms with Crippen LogP contribution < -0.4 is 0 Å². The van der Waals surface area contributed by atoms with Gasteiger partial charge in [0, 0.05) is 32.6 Å². The van der Waals surface area contributed by atoms with Crippen LogP contribution in [0.5, 0.6) is 0 Å². The molecule has 0 unspecified atom stereocenters. The van der Waals surface area contributed by atoms with E-state index in [4.69, 9.17) is 0 Å². The molecule has 0 radical (unpaired) electrons. The summed E-state index contributed by atoms with van der Waals surface area (Å²) in [4.78, 5) is 6.70. The number of likely N-dealkylation sites (N-methyl/N-ethyl adjacent to an activating group) is 1. The number of benzene rings is 1. The minimum atomic E-state index is 0.922. The SMILES string of the molecule is CCCC/N=C\c1ccccc1C1=CC(N(C)C)=CC1. The van der Waals surface area contributed by atoms with Crippen LogP contribution in [0.4, 0.5) is 0 Å². The number of nitrogens with zero attached hydrogens (tertiary/aromatic N) is 2. The highest BCUT2D eigenvalue weighted by atomic mass is 15.1. The molecule has 0 N–H and O–H groups in total. The van der Waals surface area contributed by atoms with Crippen molar-refractivity contribution >= 4 is 11.8 Å². The second-order valence-corrected chi connectivity index (χ2v) is 5.37. The van der Waals surface area contributed by atoms with E-state index in [1.807, 2.05) is 6.21 Å². The maximum absolute atomic E-state index is 4.54.